The van der Waals surface area contributed by atoms with Gasteiger partial charge in [0.2, 0.25) is 5.82 Å². The predicted molar refractivity (Wildman–Crippen MR) is 39.9 cm³/mol. The van der Waals surface area contributed by atoms with Gasteiger partial charge >= 0.3 is 0 Å². The first-order valence-corrected chi connectivity index (χ1v) is 3.24. The summed E-state index contributed by atoms with van der Waals surface area (Å²) < 4.78 is 1.75. The Bertz CT molecular complexity index is 422. The minimum atomic E-state index is 0.424. The molecule has 0 spiro atoms. The number of fused-ring (bicyclic) bond motifs is 1. The van der Waals surface area contributed by atoms with E-state index in [1.54, 1.807) is 10.6 Å². The summed E-state index contributed by atoms with van der Waals surface area (Å²) >= 11 is 0. The van der Waals surface area contributed by atoms with E-state index in [-0.39, 0.29) is 0 Å². The SMILES string of the molecule is N#Cc1nccc2cccn12. The zero-order valence-electron chi connectivity index (χ0n) is 5.73. The van der Waals surface area contributed by atoms with E-state index in [4.69, 9.17) is 5.26 Å². The monoisotopic (exact) mass is 143 g/mol. The Morgan fingerprint density at radius 2 is 2.36 bits per heavy atom. The fourth-order valence-electron chi connectivity index (χ4n) is 1.05. The fourth-order valence-corrected chi connectivity index (χ4v) is 1.05. The highest BCUT2D eigenvalue weighted by Gasteiger charge is 1.96. The number of nitrogens with zero attached hydrogens (tertiary/aromatic N) is 3. The summed E-state index contributed by atoms with van der Waals surface area (Å²) in [5, 5.41) is 8.62. The van der Waals surface area contributed by atoms with E-state index in [1.807, 2.05) is 30.5 Å². The lowest BCUT2D eigenvalue weighted by Gasteiger charge is -1.93. The molecular weight excluding hydrogens is 138 g/mol. The standard InChI is InChI=1S/C8H5N3/c9-6-8-10-4-3-7-2-1-5-11(7)8/h1-5H. The van der Waals surface area contributed by atoms with Gasteiger partial charge in [0.1, 0.15) is 6.07 Å². The van der Waals surface area contributed by atoms with Gasteiger partial charge in [-0.3, -0.25) is 4.40 Å². The van der Waals surface area contributed by atoms with Crippen LogP contribution < -0.4 is 0 Å². The summed E-state index contributed by atoms with van der Waals surface area (Å²) in [4.78, 5) is 3.90. The van der Waals surface area contributed by atoms with E-state index >= 15 is 0 Å². The molecule has 11 heavy (non-hydrogen) atoms. The molecule has 0 aliphatic carbocycles. The molecule has 2 heterocycles. The Labute approximate surface area is 63.5 Å². The van der Waals surface area contributed by atoms with Crippen molar-refractivity contribution in [3.8, 4) is 6.07 Å². The Morgan fingerprint density at radius 1 is 1.45 bits per heavy atom. The molecule has 3 heteroatoms. The molecule has 0 aromatic carbocycles. The summed E-state index contributed by atoms with van der Waals surface area (Å²) in [5.41, 5.74) is 0.997. The number of hydrogen-bond acceptors (Lipinski definition) is 2. The zero-order valence-corrected chi connectivity index (χ0v) is 5.73. The molecule has 0 aliphatic rings. The molecule has 0 fully saturated rings. The molecular formula is C8H5N3. The molecule has 0 saturated carbocycles. The number of rotatable bonds is 0. The average Bonchev–Trinajstić information content (AvgIpc) is 2.50. The third-order valence-electron chi connectivity index (χ3n) is 1.55. The second-order valence-corrected chi connectivity index (χ2v) is 2.18. The lowest BCUT2D eigenvalue weighted by atomic mass is 10.5. The van der Waals surface area contributed by atoms with Crippen molar-refractivity contribution in [2.24, 2.45) is 0 Å². The molecule has 0 saturated heterocycles. The van der Waals surface area contributed by atoms with E-state index in [0.29, 0.717) is 5.82 Å². The van der Waals surface area contributed by atoms with Crippen LogP contribution >= 0.6 is 0 Å². The van der Waals surface area contributed by atoms with Crippen LogP contribution in [0.4, 0.5) is 0 Å². The summed E-state index contributed by atoms with van der Waals surface area (Å²) in [5.74, 6) is 0.424. The van der Waals surface area contributed by atoms with Gasteiger partial charge in [0.25, 0.3) is 0 Å². The van der Waals surface area contributed by atoms with Crippen molar-refractivity contribution in [2.45, 2.75) is 0 Å². The van der Waals surface area contributed by atoms with Gasteiger partial charge in [-0.15, -0.1) is 0 Å². The van der Waals surface area contributed by atoms with Gasteiger partial charge < -0.3 is 0 Å². The van der Waals surface area contributed by atoms with E-state index < -0.39 is 0 Å². The topological polar surface area (TPSA) is 41.1 Å². The molecule has 0 unspecified atom stereocenters. The molecule has 0 aliphatic heterocycles. The van der Waals surface area contributed by atoms with Crippen LogP contribution in [0.25, 0.3) is 5.52 Å². The largest absolute Gasteiger partial charge is 0.293 e. The van der Waals surface area contributed by atoms with Gasteiger partial charge in [0.15, 0.2) is 0 Å². The minimum absolute atomic E-state index is 0.424. The van der Waals surface area contributed by atoms with Crippen molar-refractivity contribution in [3.05, 3.63) is 36.4 Å². The smallest absolute Gasteiger partial charge is 0.217 e. The highest BCUT2D eigenvalue weighted by molar-refractivity contribution is 5.48. The molecule has 0 bridgehead atoms. The fraction of sp³-hybridized carbons (Fsp3) is 0. The summed E-state index contributed by atoms with van der Waals surface area (Å²) in [6.07, 6.45) is 3.45. The van der Waals surface area contributed by atoms with Gasteiger partial charge in [-0.05, 0) is 18.2 Å². The lowest BCUT2D eigenvalue weighted by Crippen LogP contribution is -1.92. The van der Waals surface area contributed by atoms with Crippen LogP contribution in [0, 0.1) is 11.3 Å². The molecule has 0 radical (unpaired) electrons. The highest BCUT2D eigenvalue weighted by Crippen LogP contribution is 2.04. The third-order valence-corrected chi connectivity index (χ3v) is 1.55. The van der Waals surface area contributed by atoms with Gasteiger partial charge in [0.05, 0.1) is 0 Å². The molecule has 52 valence electrons. The van der Waals surface area contributed by atoms with E-state index in [9.17, 15) is 0 Å². The Hall–Kier alpha value is -1.82. The maximum atomic E-state index is 8.62. The first-order valence-electron chi connectivity index (χ1n) is 3.24. The van der Waals surface area contributed by atoms with Crippen LogP contribution in [0.3, 0.4) is 0 Å². The summed E-state index contributed by atoms with van der Waals surface area (Å²) in [7, 11) is 0. The predicted octanol–water partition coefficient (Wildman–Crippen LogP) is 1.21. The maximum absolute atomic E-state index is 8.62. The van der Waals surface area contributed by atoms with Crippen LogP contribution in [0.2, 0.25) is 0 Å². The van der Waals surface area contributed by atoms with Gasteiger partial charge in [-0.2, -0.15) is 5.26 Å². The van der Waals surface area contributed by atoms with Crippen LogP contribution in [0.5, 0.6) is 0 Å². The Morgan fingerprint density at radius 3 is 3.18 bits per heavy atom. The van der Waals surface area contributed by atoms with E-state index in [0.717, 1.165) is 5.52 Å². The number of hydrogen-bond donors (Lipinski definition) is 0. The first kappa shape index (κ1) is 5.93. The van der Waals surface area contributed by atoms with Crippen molar-refractivity contribution in [2.75, 3.05) is 0 Å². The van der Waals surface area contributed by atoms with Gasteiger partial charge in [0, 0.05) is 17.9 Å². The number of aromatic nitrogens is 2. The molecule has 2 aromatic rings. The quantitative estimate of drug-likeness (QED) is 0.556. The molecule has 0 amide bonds. The average molecular weight is 143 g/mol. The number of nitriles is 1. The molecule has 2 aromatic heterocycles. The molecule has 0 atom stereocenters. The van der Waals surface area contributed by atoms with Crippen molar-refractivity contribution >= 4 is 5.52 Å². The second-order valence-electron chi connectivity index (χ2n) is 2.18. The minimum Gasteiger partial charge on any atom is -0.293 e. The maximum Gasteiger partial charge on any atom is 0.217 e. The van der Waals surface area contributed by atoms with Crippen molar-refractivity contribution < 1.29 is 0 Å². The summed E-state index contributed by atoms with van der Waals surface area (Å²) in [6.45, 7) is 0. The first-order chi connectivity index (χ1) is 5.42. The highest BCUT2D eigenvalue weighted by atomic mass is 15.0. The molecule has 2 rings (SSSR count). The normalized spacial score (nSPS) is 9.73. The third kappa shape index (κ3) is 0.767. The van der Waals surface area contributed by atoms with E-state index in [1.165, 1.54) is 0 Å². The molecule has 3 nitrogen and oxygen atoms in total. The van der Waals surface area contributed by atoms with Crippen LogP contribution in [0.1, 0.15) is 5.82 Å². The Balaban J connectivity index is 2.92. The van der Waals surface area contributed by atoms with Crippen molar-refractivity contribution in [3.63, 3.8) is 0 Å². The van der Waals surface area contributed by atoms with Crippen LogP contribution in [0.15, 0.2) is 30.6 Å². The van der Waals surface area contributed by atoms with E-state index in [2.05, 4.69) is 4.98 Å². The zero-order chi connectivity index (χ0) is 7.68. The lowest BCUT2D eigenvalue weighted by molar-refractivity contribution is 1.05. The van der Waals surface area contributed by atoms with Crippen LogP contribution in [-0.2, 0) is 0 Å². The summed E-state index contributed by atoms with van der Waals surface area (Å²) in [6, 6.07) is 7.69. The van der Waals surface area contributed by atoms with Crippen LogP contribution in [-0.4, -0.2) is 9.38 Å². The van der Waals surface area contributed by atoms with Gasteiger partial charge in [-0.25, -0.2) is 4.98 Å². The van der Waals surface area contributed by atoms with Gasteiger partial charge in [-0.1, -0.05) is 0 Å². The van der Waals surface area contributed by atoms with Crippen molar-refractivity contribution in [1.29, 1.82) is 5.26 Å². The molecule has 0 N–H and O–H groups in total. The second kappa shape index (κ2) is 2.10. The van der Waals surface area contributed by atoms with Crippen molar-refractivity contribution in [1.82, 2.24) is 9.38 Å². The Kier molecular flexibility index (Phi) is 1.13.